The average molecular weight is 319 g/mol. The molecule has 2 rings (SSSR count). The van der Waals surface area contributed by atoms with Crippen molar-refractivity contribution in [1.82, 2.24) is 5.32 Å². The largest absolute Gasteiger partial charge is 0.494 e. The van der Waals surface area contributed by atoms with Crippen molar-refractivity contribution in [3.8, 4) is 5.75 Å². The molecule has 1 amide bonds. The van der Waals surface area contributed by atoms with Gasteiger partial charge in [-0.1, -0.05) is 26.2 Å². The Bertz CT molecular complexity index is 532. The van der Waals surface area contributed by atoms with Gasteiger partial charge in [-0.3, -0.25) is 9.59 Å². The van der Waals surface area contributed by atoms with Crippen LogP contribution in [0.4, 0.5) is 0 Å². The summed E-state index contributed by atoms with van der Waals surface area (Å²) in [5.74, 6) is -0.337. The Labute approximate surface area is 137 Å². The first-order valence-corrected chi connectivity index (χ1v) is 8.32. The van der Waals surface area contributed by atoms with E-state index in [1.165, 1.54) is 0 Å². The van der Waals surface area contributed by atoms with Gasteiger partial charge in [0.05, 0.1) is 18.6 Å². The fourth-order valence-corrected chi connectivity index (χ4v) is 3.04. The van der Waals surface area contributed by atoms with Gasteiger partial charge in [-0.15, -0.1) is 0 Å². The number of hydrogen-bond donors (Lipinski definition) is 2. The van der Waals surface area contributed by atoms with Gasteiger partial charge in [0.15, 0.2) is 0 Å². The first kappa shape index (κ1) is 17.3. The van der Waals surface area contributed by atoms with Gasteiger partial charge in [0, 0.05) is 5.56 Å². The summed E-state index contributed by atoms with van der Waals surface area (Å²) in [5, 5.41) is 12.0. The summed E-state index contributed by atoms with van der Waals surface area (Å²) in [7, 11) is 0. The van der Waals surface area contributed by atoms with Crippen LogP contribution in [-0.2, 0) is 4.79 Å². The van der Waals surface area contributed by atoms with E-state index in [9.17, 15) is 9.59 Å². The number of carbonyl (C=O) groups excluding carboxylic acids is 1. The van der Waals surface area contributed by atoms with Crippen molar-refractivity contribution in [3.05, 3.63) is 29.8 Å². The Morgan fingerprint density at radius 3 is 2.43 bits per heavy atom. The van der Waals surface area contributed by atoms with Crippen LogP contribution in [0.2, 0.25) is 0 Å². The molecule has 1 aromatic rings. The number of aliphatic carboxylic acids is 1. The van der Waals surface area contributed by atoms with Gasteiger partial charge < -0.3 is 15.2 Å². The molecule has 5 heteroatoms. The van der Waals surface area contributed by atoms with Crippen LogP contribution in [0, 0.1) is 0 Å². The molecule has 0 heterocycles. The number of unbranched alkanes of at least 4 members (excludes halogenated alkanes) is 1. The lowest BCUT2D eigenvalue weighted by atomic mass is 9.92. The van der Waals surface area contributed by atoms with E-state index in [1.807, 2.05) is 0 Å². The predicted octanol–water partition coefficient (Wildman–Crippen LogP) is 3.38. The maximum Gasteiger partial charge on any atom is 0.305 e. The van der Waals surface area contributed by atoms with E-state index in [1.54, 1.807) is 24.3 Å². The molecule has 23 heavy (non-hydrogen) atoms. The number of carbonyl (C=O) groups is 2. The molecule has 0 aliphatic heterocycles. The van der Waals surface area contributed by atoms with Gasteiger partial charge in [-0.25, -0.2) is 0 Å². The molecule has 1 aromatic carbocycles. The van der Waals surface area contributed by atoms with Crippen LogP contribution in [-0.4, -0.2) is 29.1 Å². The number of nitrogens with one attached hydrogen (secondary N) is 1. The van der Waals surface area contributed by atoms with Crippen molar-refractivity contribution in [2.45, 2.75) is 57.4 Å². The van der Waals surface area contributed by atoms with E-state index in [0.29, 0.717) is 12.2 Å². The second-order valence-corrected chi connectivity index (χ2v) is 6.24. The van der Waals surface area contributed by atoms with Crippen LogP contribution in [0.25, 0.3) is 0 Å². The lowest BCUT2D eigenvalue weighted by molar-refractivity contribution is -0.138. The van der Waals surface area contributed by atoms with E-state index in [2.05, 4.69) is 12.2 Å². The maximum absolute atomic E-state index is 12.4. The van der Waals surface area contributed by atoms with Crippen LogP contribution >= 0.6 is 0 Å². The second-order valence-electron chi connectivity index (χ2n) is 6.24. The van der Waals surface area contributed by atoms with Crippen molar-refractivity contribution >= 4 is 11.9 Å². The fraction of sp³-hybridized carbons (Fsp3) is 0.556. The standard InChI is InChI=1S/C18H25NO4/c1-2-3-12-23-15-8-6-14(7-9-15)17(22)19-18(13-16(20)21)10-4-5-11-18/h6-9H,2-5,10-13H2,1H3,(H,19,22)(H,20,21). The van der Waals surface area contributed by atoms with Crippen LogP contribution in [0.1, 0.15) is 62.2 Å². The zero-order valence-corrected chi connectivity index (χ0v) is 13.6. The highest BCUT2D eigenvalue weighted by atomic mass is 16.5. The highest BCUT2D eigenvalue weighted by Gasteiger charge is 2.37. The first-order valence-electron chi connectivity index (χ1n) is 8.32. The Kier molecular flexibility index (Phi) is 6.02. The molecule has 0 unspecified atom stereocenters. The number of rotatable bonds is 8. The van der Waals surface area contributed by atoms with Crippen LogP contribution in [0.3, 0.4) is 0 Å². The molecule has 5 nitrogen and oxygen atoms in total. The Hall–Kier alpha value is -2.04. The molecule has 1 aliphatic carbocycles. The van der Waals surface area contributed by atoms with Gasteiger partial charge in [-0.05, 0) is 43.5 Å². The molecule has 0 atom stereocenters. The normalized spacial score (nSPS) is 16.0. The quantitative estimate of drug-likeness (QED) is 0.720. The van der Waals surface area contributed by atoms with Crippen LogP contribution < -0.4 is 10.1 Å². The van der Waals surface area contributed by atoms with E-state index >= 15 is 0 Å². The number of carboxylic acids is 1. The van der Waals surface area contributed by atoms with E-state index in [0.717, 1.165) is 44.3 Å². The molecule has 2 N–H and O–H groups in total. The number of hydrogen-bond acceptors (Lipinski definition) is 3. The van der Waals surface area contributed by atoms with Crippen molar-refractivity contribution in [2.75, 3.05) is 6.61 Å². The molecule has 0 saturated heterocycles. The average Bonchev–Trinajstić information content (AvgIpc) is 2.95. The van der Waals surface area contributed by atoms with E-state index in [-0.39, 0.29) is 12.3 Å². The Morgan fingerprint density at radius 2 is 1.87 bits per heavy atom. The third kappa shape index (κ3) is 4.98. The summed E-state index contributed by atoms with van der Waals surface area (Å²) in [6, 6.07) is 7.01. The Morgan fingerprint density at radius 1 is 1.22 bits per heavy atom. The Balaban J connectivity index is 1.97. The molecule has 0 spiro atoms. The highest BCUT2D eigenvalue weighted by molar-refractivity contribution is 5.95. The minimum atomic E-state index is -0.869. The zero-order chi connectivity index (χ0) is 16.7. The van der Waals surface area contributed by atoms with Gasteiger partial charge in [-0.2, -0.15) is 0 Å². The van der Waals surface area contributed by atoms with Crippen molar-refractivity contribution in [2.24, 2.45) is 0 Å². The highest BCUT2D eigenvalue weighted by Crippen LogP contribution is 2.33. The molecule has 1 saturated carbocycles. The number of carboxylic acid groups (broad SMARTS) is 1. The van der Waals surface area contributed by atoms with Crippen LogP contribution in [0.15, 0.2) is 24.3 Å². The summed E-state index contributed by atoms with van der Waals surface area (Å²) in [6.45, 7) is 2.77. The summed E-state index contributed by atoms with van der Waals surface area (Å²) in [4.78, 5) is 23.5. The van der Waals surface area contributed by atoms with Gasteiger partial charge >= 0.3 is 5.97 Å². The zero-order valence-electron chi connectivity index (χ0n) is 13.6. The molecule has 0 aromatic heterocycles. The number of ether oxygens (including phenoxy) is 1. The third-order valence-electron chi connectivity index (χ3n) is 4.31. The first-order chi connectivity index (χ1) is 11.0. The number of benzene rings is 1. The van der Waals surface area contributed by atoms with Crippen molar-refractivity contribution in [1.29, 1.82) is 0 Å². The lowest BCUT2D eigenvalue weighted by Crippen LogP contribution is -2.47. The minimum Gasteiger partial charge on any atom is -0.494 e. The summed E-state index contributed by atoms with van der Waals surface area (Å²) in [5.41, 5.74) is -0.0661. The lowest BCUT2D eigenvalue weighted by Gasteiger charge is -2.28. The van der Waals surface area contributed by atoms with Crippen LogP contribution in [0.5, 0.6) is 5.75 Å². The van der Waals surface area contributed by atoms with Crippen molar-refractivity contribution < 1.29 is 19.4 Å². The molecule has 126 valence electrons. The minimum absolute atomic E-state index is 0.0169. The maximum atomic E-state index is 12.4. The predicted molar refractivity (Wildman–Crippen MR) is 87.8 cm³/mol. The molecule has 0 bridgehead atoms. The molecule has 0 radical (unpaired) electrons. The van der Waals surface area contributed by atoms with Gasteiger partial charge in [0.1, 0.15) is 5.75 Å². The fourth-order valence-electron chi connectivity index (χ4n) is 3.04. The van der Waals surface area contributed by atoms with E-state index < -0.39 is 11.5 Å². The number of amides is 1. The monoisotopic (exact) mass is 319 g/mol. The topological polar surface area (TPSA) is 75.6 Å². The molecular formula is C18H25NO4. The summed E-state index contributed by atoms with van der Waals surface area (Å²) >= 11 is 0. The second kappa shape index (κ2) is 7.99. The molecular weight excluding hydrogens is 294 g/mol. The van der Waals surface area contributed by atoms with Gasteiger partial charge in [0.2, 0.25) is 0 Å². The third-order valence-corrected chi connectivity index (χ3v) is 4.31. The SMILES string of the molecule is CCCCOc1ccc(C(=O)NC2(CC(=O)O)CCCC2)cc1. The van der Waals surface area contributed by atoms with Crippen molar-refractivity contribution in [3.63, 3.8) is 0 Å². The smallest absolute Gasteiger partial charge is 0.305 e. The molecule has 1 aliphatic rings. The van der Waals surface area contributed by atoms with Gasteiger partial charge in [0.25, 0.3) is 5.91 Å². The summed E-state index contributed by atoms with van der Waals surface area (Å²) in [6.07, 6.45) is 5.42. The van der Waals surface area contributed by atoms with E-state index in [4.69, 9.17) is 9.84 Å². The summed E-state index contributed by atoms with van der Waals surface area (Å²) < 4.78 is 5.58. The molecule has 1 fully saturated rings.